The van der Waals surface area contributed by atoms with Gasteiger partial charge in [-0.25, -0.2) is 14.3 Å². The van der Waals surface area contributed by atoms with Crippen LogP contribution in [-0.4, -0.2) is 37.7 Å². The van der Waals surface area contributed by atoms with Crippen LogP contribution in [0.1, 0.15) is 105 Å². The first-order chi connectivity index (χ1) is 22.5. The third-order valence-electron chi connectivity index (χ3n) is 7.99. The number of benzene rings is 2. The van der Waals surface area contributed by atoms with Gasteiger partial charge in [0.1, 0.15) is 19.4 Å². The maximum atomic E-state index is 13.6. The fourth-order valence-electron chi connectivity index (χ4n) is 5.38. The summed E-state index contributed by atoms with van der Waals surface area (Å²) < 4.78 is 24.5. The number of para-hydroxylation sites is 1. The summed E-state index contributed by atoms with van der Waals surface area (Å²) in [6.45, 7) is 2.89. The SMILES string of the molecule is CCCCCCCCCCCCCCOc1ccc(COC(=O)N(Cc2ccc[n+](C)c2)C(=O)c2ccccc2OC)cc1OC. The van der Waals surface area contributed by atoms with E-state index in [4.69, 9.17) is 18.9 Å². The first kappa shape index (κ1) is 36.4. The molecule has 0 aliphatic heterocycles. The molecule has 0 aliphatic rings. The lowest BCUT2D eigenvalue weighted by atomic mass is 10.1. The first-order valence-corrected chi connectivity index (χ1v) is 16.8. The number of unbranched alkanes of at least 4 members (excludes halogenated alkanes) is 11. The van der Waals surface area contributed by atoms with Gasteiger partial charge >= 0.3 is 6.09 Å². The average Bonchev–Trinajstić information content (AvgIpc) is 3.08. The molecule has 1 heterocycles. The molecule has 0 spiro atoms. The Morgan fingerprint density at radius 1 is 0.717 bits per heavy atom. The van der Waals surface area contributed by atoms with Crippen LogP contribution in [0, 0.1) is 0 Å². The highest BCUT2D eigenvalue weighted by molar-refractivity contribution is 6.04. The number of carbonyl (C=O) groups excluding carboxylic acids is 2. The first-order valence-electron chi connectivity index (χ1n) is 16.8. The molecule has 3 aromatic rings. The summed E-state index contributed by atoms with van der Waals surface area (Å²) >= 11 is 0. The van der Waals surface area contributed by atoms with E-state index in [1.54, 1.807) is 37.4 Å². The van der Waals surface area contributed by atoms with Gasteiger partial charge in [-0.05, 0) is 42.3 Å². The number of carbonyl (C=O) groups is 2. The Balaban J connectivity index is 1.49. The summed E-state index contributed by atoms with van der Waals surface area (Å²) in [4.78, 5) is 28.0. The molecule has 0 saturated carbocycles. The summed E-state index contributed by atoms with van der Waals surface area (Å²) in [6.07, 6.45) is 18.5. The van der Waals surface area contributed by atoms with E-state index < -0.39 is 12.0 Å². The van der Waals surface area contributed by atoms with Crippen molar-refractivity contribution in [3.63, 3.8) is 0 Å². The van der Waals surface area contributed by atoms with Crippen molar-refractivity contribution < 1.29 is 33.1 Å². The van der Waals surface area contributed by atoms with E-state index in [2.05, 4.69) is 6.92 Å². The van der Waals surface area contributed by atoms with Crippen LogP contribution < -0.4 is 18.8 Å². The Bertz CT molecular complexity index is 1340. The van der Waals surface area contributed by atoms with Crippen LogP contribution in [0.4, 0.5) is 4.79 Å². The van der Waals surface area contributed by atoms with Crippen molar-refractivity contribution >= 4 is 12.0 Å². The van der Waals surface area contributed by atoms with Gasteiger partial charge in [0.05, 0.1) is 32.9 Å². The summed E-state index contributed by atoms with van der Waals surface area (Å²) in [7, 11) is 4.97. The molecule has 8 heteroatoms. The number of methoxy groups -OCH3 is 2. The molecule has 2 aromatic carbocycles. The fraction of sp³-hybridized carbons (Fsp3) is 0.500. The zero-order chi connectivity index (χ0) is 33.0. The molecule has 46 heavy (non-hydrogen) atoms. The lowest BCUT2D eigenvalue weighted by molar-refractivity contribution is -0.672. The number of hydrogen-bond acceptors (Lipinski definition) is 6. The average molecular weight is 634 g/mol. The number of rotatable bonds is 21. The zero-order valence-corrected chi connectivity index (χ0v) is 28.3. The topological polar surface area (TPSA) is 78.2 Å². The minimum Gasteiger partial charge on any atom is -0.496 e. The van der Waals surface area contributed by atoms with E-state index in [0.717, 1.165) is 28.9 Å². The van der Waals surface area contributed by atoms with Gasteiger partial charge in [-0.1, -0.05) is 95.8 Å². The number of imide groups is 1. The van der Waals surface area contributed by atoms with Crippen LogP contribution in [0.3, 0.4) is 0 Å². The Kier molecular flexibility index (Phi) is 16.5. The van der Waals surface area contributed by atoms with Crippen LogP contribution in [0.25, 0.3) is 0 Å². The molecular weight excluding hydrogens is 580 g/mol. The van der Waals surface area contributed by atoms with Gasteiger partial charge in [-0.15, -0.1) is 0 Å². The Labute approximate surface area is 275 Å². The largest absolute Gasteiger partial charge is 0.496 e. The van der Waals surface area contributed by atoms with Crippen LogP contribution >= 0.6 is 0 Å². The van der Waals surface area contributed by atoms with Gasteiger partial charge in [-0.3, -0.25) is 4.79 Å². The number of aromatic nitrogens is 1. The second kappa shape index (κ2) is 20.9. The third kappa shape index (κ3) is 12.4. The quantitative estimate of drug-likeness (QED) is 0.0864. The highest BCUT2D eigenvalue weighted by Crippen LogP contribution is 2.29. The number of ether oxygens (including phenoxy) is 4. The summed E-state index contributed by atoms with van der Waals surface area (Å²) in [5.41, 5.74) is 1.78. The molecule has 0 radical (unpaired) electrons. The second-order valence-corrected chi connectivity index (χ2v) is 11.7. The molecule has 250 valence electrons. The maximum absolute atomic E-state index is 13.6. The monoisotopic (exact) mass is 633 g/mol. The van der Waals surface area contributed by atoms with Crippen molar-refractivity contribution in [2.75, 3.05) is 20.8 Å². The van der Waals surface area contributed by atoms with Crippen molar-refractivity contribution in [3.05, 3.63) is 83.7 Å². The highest BCUT2D eigenvalue weighted by atomic mass is 16.6. The smallest absolute Gasteiger partial charge is 0.417 e. The molecule has 8 nitrogen and oxygen atoms in total. The maximum Gasteiger partial charge on any atom is 0.417 e. The van der Waals surface area contributed by atoms with Crippen molar-refractivity contribution in [2.45, 2.75) is 97.1 Å². The van der Waals surface area contributed by atoms with E-state index in [9.17, 15) is 9.59 Å². The van der Waals surface area contributed by atoms with E-state index >= 15 is 0 Å². The normalized spacial score (nSPS) is 10.8. The second-order valence-electron chi connectivity index (χ2n) is 11.7. The van der Waals surface area contributed by atoms with Gasteiger partial charge in [0.2, 0.25) is 0 Å². The third-order valence-corrected chi connectivity index (χ3v) is 7.99. The predicted octanol–water partition coefficient (Wildman–Crippen LogP) is 8.59. The standard InChI is InChI=1S/C38H53N2O6/c1-5-6-7-8-9-10-11-12-13-14-15-18-26-45-35-24-23-31(27-36(35)44-4)30-46-38(42)40(29-32-20-19-25-39(2)28-32)37(41)33-21-16-17-22-34(33)43-3/h16-17,19-25,27-28H,5-15,18,26,29-30H2,1-4H3/q+1. The molecule has 0 fully saturated rings. The van der Waals surface area contributed by atoms with Crippen LogP contribution in [0.15, 0.2) is 67.0 Å². The van der Waals surface area contributed by atoms with Gasteiger partial charge in [0.15, 0.2) is 23.9 Å². The minimum absolute atomic E-state index is 0.0352. The highest BCUT2D eigenvalue weighted by Gasteiger charge is 2.27. The van der Waals surface area contributed by atoms with Gasteiger partial charge in [0.25, 0.3) is 5.91 Å². The van der Waals surface area contributed by atoms with Crippen LogP contribution in [0.2, 0.25) is 0 Å². The Morgan fingerprint density at radius 3 is 2.02 bits per heavy atom. The molecule has 2 amide bonds. The van der Waals surface area contributed by atoms with Crippen molar-refractivity contribution in [1.29, 1.82) is 0 Å². The lowest BCUT2D eigenvalue weighted by Crippen LogP contribution is -2.38. The van der Waals surface area contributed by atoms with Crippen molar-refractivity contribution in [2.24, 2.45) is 7.05 Å². The van der Waals surface area contributed by atoms with E-state index in [-0.39, 0.29) is 18.7 Å². The molecule has 3 rings (SSSR count). The van der Waals surface area contributed by atoms with Gasteiger partial charge < -0.3 is 18.9 Å². The molecule has 1 aromatic heterocycles. The van der Waals surface area contributed by atoms with E-state index in [1.807, 2.05) is 48.3 Å². The lowest BCUT2D eigenvalue weighted by Gasteiger charge is -2.21. The van der Waals surface area contributed by atoms with E-state index in [0.29, 0.717) is 23.9 Å². The number of pyridine rings is 1. The molecule has 0 unspecified atom stereocenters. The molecule has 0 N–H and O–H groups in total. The Hall–Kier alpha value is -4.07. The molecule has 0 atom stereocenters. The molecule has 0 saturated heterocycles. The van der Waals surface area contributed by atoms with Gasteiger partial charge in [0, 0.05) is 11.6 Å². The van der Waals surface area contributed by atoms with Gasteiger partial charge in [-0.2, -0.15) is 0 Å². The van der Waals surface area contributed by atoms with E-state index in [1.165, 1.54) is 71.3 Å². The zero-order valence-electron chi connectivity index (χ0n) is 28.3. The van der Waals surface area contributed by atoms with Crippen LogP contribution in [-0.2, 0) is 24.9 Å². The molecule has 0 aliphatic carbocycles. The molecular formula is C38H53N2O6+. The number of aryl methyl sites for hydroxylation is 1. The van der Waals surface area contributed by atoms with Crippen molar-refractivity contribution in [3.8, 4) is 17.2 Å². The predicted molar refractivity (Wildman–Crippen MR) is 180 cm³/mol. The Morgan fingerprint density at radius 2 is 1.37 bits per heavy atom. The van der Waals surface area contributed by atoms with Crippen molar-refractivity contribution in [1.82, 2.24) is 4.90 Å². The number of nitrogens with zero attached hydrogens (tertiary/aromatic N) is 2. The fourth-order valence-corrected chi connectivity index (χ4v) is 5.38. The van der Waals surface area contributed by atoms with Crippen LogP contribution in [0.5, 0.6) is 17.2 Å². The summed E-state index contributed by atoms with van der Waals surface area (Å²) in [5, 5.41) is 0. The minimum atomic E-state index is -0.756. The number of hydrogen-bond donors (Lipinski definition) is 0. The summed E-state index contributed by atoms with van der Waals surface area (Å²) in [6, 6.07) is 16.0. The number of amides is 2. The summed E-state index contributed by atoms with van der Waals surface area (Å²) in [5.74, 6) is 1.11. The molecule has 0 bridgehead atoms.